The van der Waals surface area contributed by atoms with Gasteiger partial charge < -0.3 is 5.73 Å². The fourth-order valence-electron chi connectivity index (χ4n) is 1.87. The SMILES string of the molecule is Br.Cc1c(N)cc[n+](CC(=O)c2ccccc2)c1C. The number of anilines is 1. The van der Waals surface area contributed by atoms with E-state index in [9.17, 15) is 4.79 Å². The molecule has 2 aromatic rings. The van der Waals surface area contributed by atoms with E-state index >= 15 is 0 Å². The number of carbonyl (C=O) groups is 1. The molecule has 0 radical (unpaired) electrons. The highest BCUT2D eigenvalue weighted by atomic mass is 79.9. The van der Waals surface area contributed by atoms with Crippen LogP contribution in [0.15, 0.2) is 42.6 Å². The van der Waals surface area contributed by atoms with Gasteiger partial charge in [-0.1, -0.05) is 30.3 Å². The Morgan fingerprint density at radius 2 is 1.79 bits per heavy atom. The van der Waals surface area contributed by atoms with E-state index in [0.717, 1.165) is 22.5 Å². The third kappa shape index (κ3) is 3.41. The summed E-state index contributed by atoms with van der Waals surface area (Å²) in [7, 11) is 0. The van der Waals surface area contributed by atoms with Crippen LogP contribution >= 0.6 is 17.0 Å². The zero-order chi connectivity index (χ0) is 13.1. The number of nitrogens with two attached hydrogens (primary N) is 1. The maximum absolute atomic E-state index is 12.1. The lowest BCUT2D eigenvalue weighted by Crippen LogP contribution is -2.41. The largest absolute Gasteiger partial charge is 0.398 e. The molecule has 19 heavy (non-hydrogen) atoms. The number of rotatable bonds is 3. The molecule has 0 unspecified atom stereocenters. The molecular formula is C15H18BrN2O+. The molecular weight excluding hydrogens is 304 g/mol. The molecule has 0 aliphatic carbocycles. The summed E-state index contributed by atoms with van der Waals surface area (Å²) in [5.41, 5.74) is 9.38. The van der Waals surface area contributed by atoms with Crippen LogP contribution in [-0.2, 0) is 6.54 Å². The van der Waals surface area contributed by atoms with Gasteiger partial charge in [0, 0.05) is 29.8 Å². The van der Waals surface area contributed by atoms with Gasteiger partial charge in [0.2, 0.25) is 12.3 Å². The predicted molar refractivity (Wildman–Crippen MR) is 81.6 cm³/mol. The number of aromatic nitrogens is 1. The highest BCUT2D eigenvalue weighted by Crippen LogP contribution is 2.10. The number of hydrogen-bond acceptors (Lipinski definition) is 2. The van der Waals surface area contributed by atoms with Gasteiger partial charge in [-0.05, 0) is 6.92 Å². The molecule has 0 fully saturated rings. The Morgan fingerprint density at radius 3 is 2.42 bits per heavy atom. The molecule has 0 aliphatic heterocycles. The molecule has 0 spiro atoms. The minimum atomic E-state index is 0. The summed E-state index contributed by atoms with van der Waals surface area (Å²) in [6.07, 6.45) is 1.86. The molecule has 0 bridgehead atoms. The molecule has 4 heteroatoms. The van der Waals surface area contributed by atoms with Crippen molar-refractivity contribution in [1.82, 2.24) is 0 Å². The van der Waals surface area contributed by atoms with Gasteiger partial charge >= 0.3 is 0 Å². The molecule has 1 heterocycles. The lowest BCUT2D eigenvalue weighted by molar-refractivity contribution is -0.689. The van der Waals surface area contributed by atoms with Crippen LogP contribution in [0.25, 0.3) is 0 Å². The van der Waals surface area contributed by atoms with Crippen LogP contribution in [0.2, 0.25) is 0 Å². The molecule has 0 atom stereocenters. The van der Waals surface area contributed by atoms with E-state index in [-0.39, 0.29) is 22.8 Å². The van der Waals surface area contributed by atoms with E-state index in [0.29, 0.717) is 6.54 Å². The minimum absolute atomic E-state index is 0. The van der Waals surface area contributed by atoms with Gasteiger partial charge in [-0.25, -0.2) is 0 Å². The number of nitrogen functional groups attached to an aromatic ring is 1. The molecule has 1 aromatic heterocycles. The molecule has 0 amide bonds. The lowest BCUT2D eigenvalue weighted by Gasteiger charge is -2.05. The second kappa shape index (κ2) is 6.48. The highest BCUT2D eigenvalue weighted by Gasteiger charge is 2.16. The third-order valence-electron chi connectivity index (χ3n) is 3.25. The zero-order valence-electron chi connectivity index (χ0n) is 11.1. The number of nitrogens with zero attached hydrogens (tertiary/aromatic N) is 1. The molecule has 2 N–H and O–H groups in total. The Balaban J connectivity index is 0.00000180. The number of pyridine rings is 1. The van der Waals surface area contributed by atoms with Crippen LogP contribution in [0.4, 0.5) is 5.69 Å². The van der Waals surface area contributed by atoms with Gasteiger partial charge in [0.15, 0.2) is 11.9 Å². The van der Waals surface area contributed by atoms with Crippen molar-refractivity contribution in [3.8, 4) is 0 Å². The van der Waals surface area contributed by atoms with Gasteiger partial charge in [0.05, 0.1) is 0 Å². The van der Waals surface area contributed by atoms with E-state index in [4.69, 9.17) is 5.73 Å². The van der Waals surface area contributed by atoms with E-state index < -0.39 is 0 Å². The maximum atomic E-state index is 12.1. The maximum Gasteiger partial charge on any atom is 0.227 e. The standard InChI is InChI=1S/C15H16N2O.BrH/c1-11-12(2)17(9-8-14(11)16)10-15(18)13-6-4-3-5-7-13;/h3-9,16H,10H2,1-2H3;1H/p+1. The van der Waals surface area contributed by atoms with Crippen LogP contribution < -0.4 is 10.3 Å². The zero-order valence-corrected chi connectivity index (χ0v) is 12.8. The smallest absolute Gasteiger partial charge is 0.227 e. The van der Waals surface area contributed by atoms with Crippen molar-refractivity contribution in [3.63, 3.8) is 0 Å². The van der Waals surface area contributed by atoms with Crippen molar-refractivity contribution in [3.05, 3.63) is 59.4 Å². The molecule has 2 rings (SSSR count). The molecule has 0 saturated heterocycles. The van der Waals surface area contributed by atoms with Crippen LogP contribution in [-0.4, -0.2) is 5.78 Å². The van der Waals surface area contributed by atoms with Crippen LogP contribution in [0, 0.1) is 13.8 Å². The molecule has 100 valence electrons. The Kier molecular flexibility index (Phi) is 5.24. The Morgan fingerprint density at radius 1 is 1.16 bits per heavy atom. The van der Waals surface area contributed by atoms with Crippen LogP contribution in [0.3, 0.4) is 0 Å². The molecule has 0 saturated carbocycles. The Bertz CT molecular complexity index is 582. The van der Waals surface area contributed by atoms with Crippen molar-refractivity contribution in [2.24, 2.45) is 0 Å². The third-order valence-corrected chi connectivity index (χ3v) is 3.25. The molecule has 1 aromatic carbocycles. The van der Waals surface area contributed by atoms with E-state index in [1.165, 1.54) is 0 Å². The van der Waals surface area contributed by atoms with Crippen molar-refractivity contribution in [2.45, 2.75) is 20.4 Å². The topological polar surface area (TPSA) is 47.0 Å². The quantitative estimate of drug-likeness (QED) is 0.697. The summed E-state index contributed by atoms with van der Waals surface area (Å²) in [5.74, 6) is 0.105. The first-order chi connectivity index (χ1) is 8.59. The average Bonchev–Trinajstić information content (AvgIpc) is 2.40. The van der Waals surface area contributed by atoms with Gasteiger partial charge in [-0.15, -0.1) is 17.0 Å². The molecule has 0 aliphatic rings. The first kappa shape index (κ1) is 15.4. The van der Waals surface area contributed by atoms with Crippen molar-refractivity contribution < 1.29 is 9.36 Å². The predicted octanol–water partition coefficient (Wildman–Crippen LogP) is 2.63. The van der Waals surface area contributed by atoms with E-state index in [2.05, 4.69) is 0 Å². The highest BCUT2D eigenvalue weighted by molar-refractivity contribution is 8.93. The second-order valence-corrected chi connectivity index (χ2v) is 4.40. The van der Waals surface area contributed by atoms with Crippen molar-refractivity contribution >= 4 is 28.5 Å². The van der Waals surface area contributed by atoms with Crippen LogP contribution in [0.1, 0.15) is 21.6 Å². The minimum Gasteiger partial charge on any atom is -0.398 e. The van der Waals surface area contributed by atoms with Crippen molar-refractivity contribution in [1.29, 1.82) is 0 Å². The number of hydrogen-bond donors (Lipinski definition) is 1. The fraction of sp³-hybridized carbons (Fsp3) is 0.200. The van der Waals surface area contributed by atoms with E-state index in [1.54, 1.807) is 0 Å². The number of Topliss-reactive ketones (excluding diaryl/α,β-unsaturated/α-hetero) is 1. The first-order valence-electron chi connectivity index (χ1n) is 5.93. The summed E-state index contributed by atoms with van der Waals surface area (Å²) in [6.45, 7) is 4.29. The van der Waals surface area contributed by atoms with Crippen molar-refractivity contribution in [2.75, 3.05) is 5.73 Å². The number of benzene rings is 1. The Labute approximate surface area is 123 Å². The summed E-state index contributed by atoms with van der Waals surface area (Å²) < 4.78 is 1.93. The summed E-state index contributed by atoms with van der Waals surface area (Å²) >= 11 is 0. The van der Waals surface area contributed by atoms with Gasteiger partial charge in [0.25, 0.3) is 0 Å². The number of ketones is 1. The lowest BCUT2D eigenvalue weighted by atomic mass is 10.1. The average molecular weight is 322 g/mol. The van der Waals surface area contributed by atoms with Crippen LogP contribution in [0.5, 0.6) is 0 Å². The monoisotopic (exact) mass is 321 g/mol. The number of halogens is 1. The van der Waals surface area contributed by atoms with Gasteiger partial charge in [-0.3, -0.25) is 4.79 Å². The van der Waals surface area contributed by atoms with E-state index in [1.807, 2.05) is 61.0 Å². The first-order valence-corrected chi connectivity index (χ1v) is 5.93. The summed E-state index contributed by atoms with van der Waals surface area (Å²) in [4.78, 5) is 12.1. The summed E-state index contributed by atoms with van der Waals surface area (Å²) in [6, 6.07) is 11.2. The van der Waals surface area contributed by atoms with Gasteiger partial charge in [0.1, 0.15) is 0 Å². The number of carbonyl (C=O) groups excluding carboxylic acids is 1. The second-order valence-electron chi connectivity index (χ2n) is 4.40. The fourth-order valence-corrected chi connectivity index (χ4v) is 1.87. The van der Waals surface area contributed by atoms with Gasteiger partial charge in [-0.2, -0.15) is 4.57 Å². The Hall–Kier alpha value is -1.68. The molecule has 3 nitrogen and oxygen atoms in total. The normalized spacial score (nSPS) is 9.79. The summed E-state index contributed by atoms with van der Waals surface area (Å²) in [5, 5.41) is 0.